The van der Waals surface area contributed by atoms with E-state index < -0.39 is 0 Å². The number of thioether (sulfide) groups is 2. The molecule has 14 heavy (non-hydrogen) atoms. The van der Waals surface area contributed by atoms with Crippen LogP contribution in [0.3, 0.4) is 0 Å². The molecule has 2 heterocycles. The highest BCUT2D eigenvalue weighted by atomic mass is 32.2. The van der Waals surface area contributed by atoms with E-state index in [1.54, 1.807) is 23.5 Å². The zero-order chi connectivity index (χ0) is 9.97. The van der Waals surface area contributed by atoms with Crippen LogP contribution in [-0.2, 0) is 4.74 Å². The molecule has 0 radical (unpaired) electrons. The summed E-state index contributed by atoms with van der Waals surface area (Å²) in [4.78, 5) is 5.61. The minimum atomic E-state index is 0.806. The highest BCUT2D eigenvalue weighted by molar-refractivity contribution is 8.24. The normalized spacial score (nSPS) is 22.9. The maximum Gasteiger partial charge on any atom is 0.360 e. The molecular weight excluding hydrogens is 216 g/mol. The van der Waals surface area contributed by atoms with E-state index in [-0.39, 0.29) is 0 Å². The van der Waals surface area contributed by atoms with E-state index in [0.29, 0.717) is 0 Å². The third-order valence-electron chi connectivity index (χ3n) is 2.13. The monoisotopic (exact) mass is 229 g/mol. The van der Waals surface area contributed by atoms with Gasteiger partial charge in [0, 0.05) is 11.8 Å². The minimum Gasteiger partial charge on any atom is -0.373 e. The molecule has 5 heteroatoms. The molecule has 0 aromatic rings. The summed E-state index contributed by atoms with van der Waals surface area (Å²) >= 11 is 3.33. The van der Waals surface area contributed by atoms with E-state index in [9.17, 15) is 0 Å². The fraction of sp³-hybridized carbons (Fsp3) is 0.556. The first-order valence-corrected chi connectivity index (χ1v) is 6.55. The Morgan fingerprint density at radius 3 is 2.79 bits per heavy atom. The minimum absolute atomic E-state index is 0.806. The molecule has 0 bridgehead atoms. The molecule has 2 aliphatic rings. The lowest BCUT2D eigenvalue weighted by atomic mass is 10.5. The smallest absolute Gasteiger partial charge is 0.360 e. The third kappa shape index (κ3) is 2.04. The maximum atomic E-state index is 5.30. The molecular formula is C9H13N2OS2+. The quantitative estimate of drug-likeness (QED) is 0.587. The number of nitrogens with zero attached hydrogens (tertiary/aromatic N) is 2. The van der Waals surface area contributed by atoms with Gasteiger partial charge in [0.25, 0.3) is 0 Å². The number of hydrogen-bond donors (Lipinski definition) is 0. The molecule has 0 amide bonds. The summed E-state index contributed by atoms with van der Waals surface area (Å²) < 4.78 is 7.57. The van der Waals surface area contributed by atoms with Gasteiger partial charge in [-0.25, -0.2) is 4.58 Å². The molecule has 1 fully saturated rings. The van der Waals surface area contributed by atoms with Crippen molar-refractivity contribution in [2.24, 2.45) is 4.99 Å². The van der Waals surface area contributed by atoms with Crippen molar-refractivity contribution in [3.8, 4) is 0 Å². The van der Waals surface area contributed by atoms with Gasteiger partial charge in [-0.2, -0.15) is 0 Å². The molecule has 0 spiro atoms. The third-order valence-corrected chi connectivity index (χ3v) is 3.95. The second-order valence-electron chi connectivity index (χ2n) is 3.03. The number of ether oxygens (including phenoxy) is 1. The summed E-state index contributed by atoms with van der Waals surface area (Å²) in [5.74, 6) is 0. The van der Waals surface area contributed by atoms with E-state index in [1.165, 1.54) is 0 Å². The topological polar surface area (TPSA) is 24.6 Å². The first-order valence-electron chi connectivity index (χ1n) is 4.50. The number of amidine groups is 1. The Kier molecular flexibility index (Phi) is 3.30. The Bertz CT molecular complexity index is 315. The Morgan fingerprint density at radius 2 is 2.21 bits per heavy atom. The highest BCUT2D eigenvalue weighted by Gasteiger charge is 2.29. The van der Waals surface area contributed by atoms with Gasteiger partial charge >= 0.3 is 5.17 Å². The predicted octanol–water partition coefficient (Wildman–Crippen LogP) is 1.41. The molecule has 0 atom stereocenters. The van der Waals surface area contributed by atoms with Gasteiger partial charge in [0.2, 0.25) is 5.04 Å². The second-order valence-corrected chi connectivity index (χ2v) is 4.89. The van der Waals surface area contributed by atoms with Crippen LogP contribution in [0.2, 0.25) is 0 Å². The zero-order valence-corrected chi connectivity index (χ0v) is 9.79. The van der Waals surface area contributed by atoms with Gasteiger partial charge in [0.15, 0.2) is 0 Å². The van der Waals surface area contributed by atoms with Crippen LogP contribution in [0.4, 0.5) is 0 Å². The Balaban J connectivity index is 2.19. The van der Waals surface area contributed by atoms with Crippen LogP contribution in [0.15, 0.2) is 16.5 Å². The molecule has 0 N–H and O–H groups in total. The fourth-order valence-electron chi connectivity index (χ4n) is 1.38. The van der Waals surface area contributed by atoms with Crippen molar-refractivity contribution in [1.82, 2.24) is 0 Å². The number of hydrogen-bond acceptors (Lipinski definition) is 3. The van der Waals surface area contributed by atoms with Gasteiger partial charge in [-0.1, -0.05) is 18.3 Å². The van der Waals surface area contributed by atoms with Crippen LogP contribution in [0.25, 0.3) is 0 Å². The molecule has 2 aliphatic heterocycles. The lowest BCUT2D eigenvalue weighted by molar-refractivity contribution is -0.547. The van der Waals surface area contributed by atoms with Gasteiger partial charge in [-0.05, 0) is 11.2 Å². The second kappa shape index (κ2) is 4.51. The van der Waals surface area contributed by atoms with Crippen LogP contribution >= 0.6 is 23.5 Å². The lowest BCUT2D eigenvalue weighted by Gasteiger charge is -2.13. The van der Waals surface area contributed by atoms with E-state index in [1.807, 2.05) is 6.26 Å². The van der Waals surface area contributed by atoms with Crippen LogP contribution in [0.5, 0.6) is 0 Å². The van der Waals surface area contributed by atoms with Crippen molar-refractivity contribution < 1.29 is 9.31 Å². The summed E-state index contributed by atoms with van der Waals surface area (Å²) in [5, 5.41) is 2.14. The SMILES string of the molecule is C=C1SC(=[N+]2CCOCC2)N=C1SC. The standard InChI is InChI=1S/C9H13N2OS2/c1-7-8(13-2)10-9(14-7)11-3-5-12-6-4-11/h1,3-6H2,2H3/q+1. The van der Waals surface area contributed by atoms with Gasteiger partial charge in [0.1, 0.15) is 13.1 Å². The van der Waals surface area contributed by atoms with Crippen LogP contribution in [0.1, 0.15) is 0 Å². The Labute approximate surface area is 92.3 Å². The zero-order valence-electron chi connectivity index (χ0n) is 8.15. The summed E-state index contributed by atoms with van der Waals surface area (Å²) in [5.41, 5.74) is 0. The summed E-state index contributed by atoms with van der Waals surface area (Å²) in [6.07, 6.45) is 2.03. The van der Waals surface area contributed by atoms with Crippen molar-refractivity contribution in [2.75, 3.05) is 32.6 Å². The molecule has 0 unspecified atom stereocenters. The number of aliphatic imine (C=N–C) groups is 1. The van der Waals surface area contributed by atoms with Gasteiger partial charge < -0.3 is 4.74 Å². The largest absolute Gasteiger partial charge is 0.373 e. The van der Waals surface area contributed by atoms with Gasteiger partial charge in [-0.3, -0.25) is 0 Å². The molecule has 0 saturated carbocycles. The molecule has 1 saturated heterocycles. The summed E-state index contributed by atoms with van der Waals surface area (Å²) in [6, 6.07) is 0. The Morgan fingerprint density at radius 1 is 1.50 bits per heavy atom. The van der Waals surface area contributed by atoms with Crippen LogP contribution in [0, 0.1) is 0 Å². The van der Waals surface area contributed by atoms with Crippen LogP contribution in [-0.4, -0.2) is 47.3 Å². The summed E-state index contributed by atoms with van der Waals surface area (Å²) in [6.45, 7) is 7.49. The highest BCUT2D eigenvalue weighted by Crippen LogP contribution is 2.29. The van der Waals surface area contributed by atoms with E-state index >= 15 is 0 Å². The van der Waals surface area contributed by atoms with Crippen molar-refractivity contribution in [1.29, 1.82) is 0 Å². The first kappa shape index (κ1) is 10.3. The van der Waals surface area contributed by atoms with Crippen molar-refractivity contribution in [3.63, 3.8) is 0 Å². The predicted molar refractivity (Wildman–Crippen MR) is 63.5 cm³/mol. The number of morpholine rings is 1. The molecule has 76 valence electrons. The van der Waals surface area contributed by atoms with E-state index in [0.717, 1.165) is 41.4 Å². The van der Waals surface area contributed by atoms with Crippen molar-refractivity contribution in [3.05, 3.63) is 11.5 Å². The first-order chi connectivity index (χ1) is 6.81. The van der Waals surface area contributed by atoms with E-state index in [2.05, 4.69) is 16.1 Å². The average Bonchev–Trinajstić information content (AvgIpc) is 2.61. The van der Waals surface area contributed by atoms with Gasteiger partial charge in [-0.15, -0.1) is 0 Å². The molecule has 2 rings (SSSR count). The molecule has 0 aromatic heterocycles. The Hall–Kier alpha value is -0.260. The summed E-state index contributed by atoms with van der Waals surface area (Å²) in [7, 11) is 0. The number of rotatable bonds is 0. The van der Waals surface area contributed by atoms with Crippen molar-refractivity contribution in [2.45, 2.75) is 0 Å². The molecule has 3 nitrogen and oxygen atoms in total. The van der Waals surface area contributed by atoms with Gasteiger partial charge in [0.05, 0.1) is 18.1 Å². The van der Waals surface area contributed by atoms with Crippen LogP contribution < -0.4 is 0 Å². The van der Waals surface area contributed by atoms with Crippen molar-refractivity contribution >= 4 is 33.7 Å². The lowest BCUT2D eigenvalue weighted by Crippen LogP contribution is -2.31. The molecule has 0 aromatic carbocycles. The van der Waals surface area contributed by atoms with E-state index in [4.69, 9.17) is 4.74 Å². The maximum absolute atomic E-state index is 5.30. The average molecular weight is 229 g/mol. The fourth-order valence-corrected chi connectivity index (χ4v) is 3.02. The molecule has 0 aliphatic carbocycles.